The Hall–Kier alpha value is -0.310. The number of ether oxygens (including phenoxy) is 1. The van der Waals surface area contributed by atoms with E-state index in [0.717, 1.165) is 5.33 Å². The zero-order valence-electron chi connectivity index (χ0n) is 8.47. The number of hydrogen-bond donors (Lipinski definition) is 0. The summed E-state index contributed by atoms with van der Waals surface area (Å²) in [5.41, 5.74) is -0.111. The molecular weight excluding hydrogens is 232 g/mol. The van der Waals surface area contributed by atoms with Gasteiger partial charge < -0.3 is 4.74 Å². The third kappa shape index (κ3) is 6.82. The molecule has 13 heavy (non-hydrogen) atoms. The highest BCUT2D eigenvalue weighted by Gasteiger charge is 2.19. The maximum absolute atomic E-state index is 11.2. The van der Waals surface area contributed by atoms with Crippen LogP contribution < -0.4 is 0 Å². The fourth-order valence-electron chi connectivity index (χ4n) is 1.01. The van der Waals surface area contributed by atoms with Crippen LogP contribution in [0.2, 0.25) is 0 Å². The monoisotopic (exact) mass is 248 g/mol. The summed E-state index contributed by atoms with van der Waals surface area (Å²) in [6.07, 6.45) is 4.46. The SMILES string of the molecule is CCOC(=O)CC(C)(C)/C=C/CBr. The molecule has 0 atom stereocenters. The molecule has 0 heterocycles. The summed E-state index contributed by atoms with van der Waals surface area (Å²) in [5.74, 6) is -0.133. The van der Waals surface area contributed by atoms with Crippen molar-refractivity contribution in [2.24, 2.45) is 5.41 Å². The van der Waals surface area contributed by atoms with E-state index in [1.165, 1.54) is 0 Å². The van der Waals surface area contributed by atoms with Gasteiger partial charge in [-0.15, -0.1) is 0 Å². The quantitative estimate of drug-likeness (QED) is 0.425. The van der Waals surface area contributed by atoms with Gasteiger partial charge in [0.1, 0.15) is 0 Å². The molecule has 0 fully saturated rings. The van der Waals surface area contributed by atoms with Gasteiger partial charge in [-0.05, 0) is 12.3 Å². The van der Waals surface area contributed by atoms with E-state index < -0.39 is 0 Å². The Morgan fingerprint density at radius 1 is 1.54 bits per heavy atom. The summed E-state index contributed by atoms with van der Waals surface area (Å²) in [4.78, 5) is 11.2. The lowest BCUT2D eigenvalue weighted by Crippen LogP contribution is -2.16. The maximum Gasteiger partial charge on any atom is 0.306 e. The molecule has 0 saturated carbocycles. The van der Waals surface area contributed by atoms with Gasteiger partial charge >= 0.3 is 5.97 Å². The molecule has 0 radical (unpaired) electrons. The van der Waals surface area contributed by atoms with Crippen LogP contribution in [-0.4, -0.2) is 17.9 Å². The van der Waals surface area contributed by atoms with Crippen molar-refractivity contribution in [2.75, 3.05) is 11.9 Å². The number of allylic oxidation sites excluding steroid dienone is 2. The van der Waals surface area contributed by atoms with E-state index in [-0.39, 0.29) is 11.4 Å². The fraction of sp³-hybridized carbons (Fsp3) is 0.700. The highest BCUT2D eigenvalue weighted by molar-refractivity contribution is 9.09. The molecule has 0 N–H and O–H groups in total. The van der Waals surface area contributed by atoms with Crippen molar-refractivity contribution < 1.29 is 9.53 Å². The van der Waals surface area contributed by atoms with Crippen molar-refractivity contribution >= 4 is 21.9 Å². The molecule has 0 aromatic rings. The van der Waals surface area contributed by atoms with Crippen molar-refractivity contribution in [2.45, 2.75) is 27.2 Å². The standard InChI is InChI=1S/C10H17BrO2/c1-4-13-9(12)8-10(2,3)6-5-7-11/h5-6H,4,7-8H2,1-3H3/b6-5+. The first-order valence-electron chi connectivity index (χ1n) is 4.41. The molecule has 2 nitrogen and oxygen atoms in total. The van der Waals surface area contributed by atoms with Gasteiger partial charge in [0.05, 0.1) is 13.0 Å². The van der Waals surface area contributed by atoms with Crippen molar-refractivity contribution in [1.29, 1.82) is 0 Å². The lowest BCUT2D eigenvalue weighted by Gasteiger charge is -2.18. The van der Waals surface area contributed by atoms with Crippen LogP contribution in [0.15, 0.2) is 12.2 Å². The molecule has 0 aromatic heterocycles. The minimum absolute atomic E-state index is 0.111. The van der Waals surface area contributed by atoms with E-state index >= 15 is 0 Å². The fourth-order valence-corrected chi connectivity index (χ4v) is 1.19. The second-order valence-electron chi connectivity index (χ2n) is 3.53. The van der Waals surface area contributed by atoms with Crippen molar-refractivity contribution in [3.05, 3.63) is 12.2 Å². The topological polar surface area (TPSA) is 26.3 Å². The Morgan fingerprint density at radius 3 is 2.62 bits per heavy atom. The van der Waals surface area contributed by atoms with Gasteiger partial charge in [0, 0.05) is 5.33 Å². The van der Waals surface area contributed by atoms with Gasteiger partial charge in [0.2, 0.25) is 0 Å². The summed E-state index contributed by atoms with van der Waals surface area (Å²) in [7, 11) is 0. The van der Waals surface area contributed by atoms with E-state index in [4.69, 9.17) is 4.74 Å². The Balaban J connectivity index is 4.00. The molecule has 0 rings (SSSR count). The zero-order chi connectivity index (χ0) is 10.3. The molecule has 0 aromatic carbocycles. The Morgan fingerprint density at radius 2 is 2.15 bits per heavy atom. The predicted molar refractivity (Wildman–Crippen MR) is 58.0 cm³/mol. The summed E-state index contributed by atoms with van der Waals surface area (Å²) < 4.78 is 4.87. The highest BCUT2D eigenvalue weighted by atomic mass is 79.9. The maximum atomic E-state index is 11.2. The number of carbonyl (C=O) groups excluding carboxylic acids is 1. The van der Waals surface area contributed by atoms with Crippen LogP contribution in [0.1, 0.15) is 27.2 Å². The van der Waals surface area contributed by atoms with Gasteiger partial charge in [-0.2, -0.15) is 0 Å². The number of carbonyl (C=O) groups is 1. The van der Waals surface area contributed by atoms with E-state index in [1.807, 2.05) is 32.9 Å². The Kier molecular flexibility index (Phi) is 6.04. The molecule has 76 valence electrons. The minimum atomic E-state index is -0.133. The van der Waals surface area contributed by atoms with Crippen LogP contribution in [0.4, 0.5) is 0 Å². The largest absolute Gasteiger partial charge is 0.466 e. The molecule has 0 aliphatic heterocycles. The number of halogens is 1. The minimum Gasteiger partial charge on any atom is -0.466 e. The van der Waals surface area contributed by atoms with Crippen molar-refractivity contribution in [1.82, 2.24) is 0 Å². The highest BCUT2D eigenvalue weighted by Crippen LogP contribution is 2.22. The van der Waals surface area contributed by atoms with E-state index in [1.54, 1.807) is 0 Å². The van der Waals surface area contributed by atoms with Crippen LogP contribution in [0.25, 0.3) is 0 Å². The van der Waals surface area contributed by atoms with Crippen LogP contribution in [-0.2, 0) is 9.53 Å². The molecule has 3 heteroatoms. The Bertz CT molecular complexity index is 185. The van der Waals surface area contributed by atoms with Gasteiger partial charge in [0.15, 0.2) is 0 Å². The lowest BCUT2D eigenvalue weighted by molar-refractivity contribution is -0.144. The third-order valence-electron chi connectivity index (χ3n) is 1.56. The van der Waals surface area contributed by atoms with Crippen LogP contribution in [0.3, 0.4) is 0 Å². The number of alkyl halides is 1. The molecule has 0 aliphatic carbocycles. The molecular formula is C10H17BrO2. The lowest BCUT2D eigenvalue weighted by atomic mass is 9.89. The van der Waals surface area contributed by atoms with Crippen LogP contribution in [0.5, 0.6) is 0 Å². The van der Waals surface area contributed by atoms with Crippen LogP contribution >= 0.6 is 15.9 Å². The van der Waals surface area contributed by atoms with Gasteiger partial charge in [-0.1, -0.05) is 41.9 Å². The normalized spacial score (nSPS) is 12.0. The molecule has 0 unspecified atom stereocenters. The first-order chi connectivity index (χ1) is 6.02. The summed E-state index contributed by atoms with van der Waals surface area (Å²) >= 11 is 3.30. The summed E-state index contributed by atoms with van der Waals surface area (Å²) in [6, 6.07) is 0. The number of hydrogen-bond acceptors (Lipinski definition) is 2. The molecule has 0 amide bonds. The Labute approximate surface area is 88.5 Å². The van der Waals surface area contributed by atoms with Crippen LogP contribution in [0, 0.1) is 5.41 Å². The number of rotatable bonds is 5. The molecule has 0 spiro atoms. The average molecular weight is 249 g/mol. The molecule has 0 bridgehead atoms. The first kappa shape index (κ1) is 12.7. The van der Waals surface area contributed by atoms with E-state index in [9.17, 15) is 4.79 Å². The first-order valence-corrected chi connectivity index (χ1v) is 5.53. The predicted octanol–water partition coefficient (Wildman–Crippen LogP) is 2.92. The number of esters is 1. The smallest absolute Gasteiger partial charge is 0.306 e. The van der Waals surface area contributed by atoms with E-state index in [0.29, 0.717) is 13.0 Å². The second kappa shape index (κ2) is 6.19. The van der Waals surface area contributed by atoms with Crippen molar-refractivity contribution in [3.63, 3.8) is 0 Å². The summed E-state index contributed by atoms with van der Waals surface area (Å²) in [5, 5.41) is 0.819. The second-order valence-corrected chi connectivity index (χ2v) is 4.17. The third-order valence-corrected chi connectivity index (χ3v) is 1.94. The van der Waals surface area contributed by atoms with E-state index in [2.05, 4.69) is 15.9 Å². The average Bonchev–Trinajstić information content (AvgIpc) is 2.00. The molecule has 0 saturated heterocycles. The molecule has 0 aliphatic rings. The van der Waals surface area contributed by atoms with Gasteiger partial charge in [0.25, 0.3) is 0 Å². The zero-order valence-corrected chi connectivity index (χ0v) is 10.1. The van der Waals surface area contributed by atoms with Gasteiger partial charge in [-0.3, -0.25) is 4.79 Å². The van der Waals surface area contributed by atoms with Gasteiger partial charge in [-0.25, -0.2) is 0 Å². The van der Waals surface area contributed by atoms with Crippen molar-refractivity contribution in [3.8, 4) is 0 Å². The summed E-state index contributed by atoms with van der Waals surface area (Å²) in [6.45, 7) is 6.31.